The van der Waals surface area contributed by atoms with E-state index in [1.165, 1.54) is 6.92 Å². The highest BCUT2D eigenvalue weighted by atomic mass is 19.1. The normalized spacial score (nSPS) is 22.7. The van der Waals surface area contributed by atoms with Gasteiger partial charge in [0, 0.05) is 6.42 Å². The van der Waals surface area contributed by atoms with Gasteiger partial charge in [-0.25, -0.2) is 9.18 Å². The summed E-state index contributed by atoms with van der Waals surface area (Å²) in [7, 11) is 0. The molecule has 0 spiro atoms. The van der Waals surface area contributed by atoms with Gasteiger partial charge >= 0.3 is 11.9 Å². The third kappa shape index (κ3) is 6.70. The Morgan fingerprint density at radius 2 is 1.59 bits per heavy atom. The van der Waals surface area contributed by atoms with Crippen LogP contribution < -0.4 is 0 Å². The maximum absolute atomic E-state index is 14.7. The van der Waals surface area contributed by atoms with Gasteiger partial charge in [0.25, 0.3) is 0 Å². The van der Waals surface area contributed by atoms with Crippen LogP contribution in [0.4, 0.5) is 4.39 Å². The fourth-order valence-corrected chi connectivity index (χ4v) is 3.20. The molecule has 170 valence electrons. The first kappa shape index (κ1) is 23.6. The first-order chi connectivity index (χ1) is 15.4. The van der Waals surface area contributed by atoms with Gasteiger partial charge in [0.1, 0.15) is 11.9 Å². The molecule has 0 N–H and O–H groups in total. The number of esters is 2. The van der Waals surface area contributed by atoms with Crippen LogP contribution in [0.25, 0.3) is 0 Å². The molecule has 2 aromatic rings. The Morgan fingerprint density at radius 3 is 2.25 bits per heavy atom. The molecular weight excluding hydrogens is 419 g/mol. The van der Waals surface area contributed by atoms with Crippen LogP contribution in [0, 0.1) is 0 Å². The fraction of sp³-hybridized carbons (Fsp3) is 0.375. The molecule has 32 heavy (non-hydrogen) atoms. The molecule has 1 fully saturated rings. The number of hydrogen-bond donors (Lipinski definition) is 0. The van der Waals surface area contributed by atoms with E-state index in [1.54, 1.807) is 30.3 Å². The molecule has 1 saturated heterocycles. The van der Waals surface area contributed by atoms with E-state index in [0.29, 0.717) is 0 Å². The summed E-state index contributed by atoms with van der Waals surface area (Å²) in [5.74, 6) is -1.55. The number of halogens is 1. The topological polar surface area (TPSA) is 88.1 Å². The lowest BCUT2D eigenvalue weighted by atomic mass is 10.0. The summed E-state index contributed by atoms with van der Waals surface area (Å²) in [6.45, 7) is 1.18. The zero-order valence-electron chi connectivity index (χ0n) is 17.6. The lowest BCUT2D eigenvalue weighted by Crippen LogP contribution is -2.55. The zero-order chi connectivity index (χ0) is 22.9. The zero-order valence-corrected chi connectivity index (χ0v) is 17.6. The summed E-state index contributed by atoms with van der Waals surface area (Å²) in [5.41, 5.74) is 1.05. The molecule has 7 nitrogen and oxygen atoms in total. The predicted octanol–water partition coefficient (Wildman–Crippen LogP) is 3.40. The van der Waals surface area contributed by atoms with E-state index in [2.05, 4.69) is 0 Å². The second-order valence-electron chi connectivity index (χ2n) is 7.41. The highest BCUT2D eigenvalue weighted by Crippen LogP contribution is 2.27. The van der Waals surface area contributed by atoms with Crippen molar-refractivity contribution in [3.63, 3.8) is 0 Å². The molecule has 0 unspecified atom stereocenters. The van der Waals surface area contributed by atoms with Crippen molar-refractivity contribution in [1.29, 1.82) is 0 Å². The van der Waals surface area contributed by atoms with Crippen LogP contribution in [0.1, 0.15) is 35.7 Å². The van der Waals surface area contributed by atoms with Gasteiger partial charge in [0.2, 0.25) is 6.36 Å². The maximum atomic E-state index is 14.7. The molecule has 1 aliphatic heterocycles. The number of carbonyl (C=O) groups excluding carboxylic acids is 3. The van der Waals surface area contributed by atoms with E-state index in [4.69, 9.17) is 18.9 Å². The Bertz CT molecular complexity index is 903. The van der Waals surface area contributed by atoms with Crippen molar-refractivity contribution in [1.82, 2.24) is 0 Å². The monoisotopic (exact) mass is 444 g/mol. The lowest BCUT2D eigenvalue weighted by Gasteiger charge is -2.38. The molecule has 2 aromatic carbocycles. The number of ether oxygens (including phenoxy) is 4. The van der Waals surface area contributed by atoms with Crippen LogP contribution in [0.2, 0.25) is 0 Å². The summed E-state index contributed by atoms with van der Waals surface area (Å²) in [6, 6.07) is 17.3. The van der Waals surface area contributed by atoms with Crippen molar-refractivity contribution >= 4 is 17.7 Å². The molecule has 8 heteroatoms. The van der Waals surface area contributed by atoms with Crippen molar-refractivity contribution in [2.45, 2.75) is 51.0 Å². The molecule has 0 aromatic heterocycles. The fourth-order valence-electron chi connectivity index (χ4n) is 3.20. The number of alkyl halides is 1. The van der Waals surface area contributed by atoms with Crippen molar-refractivity contribution in [2.24, 2.45) is 0 Å². The number of ketones is 1. The van der Waals surface area contributed by atoms with Crippen molar-refractivity contribution in [3.8, 4) is 0 Å². The minimum absolute atomic E-state index is 0.0279. The molecule has 3 rings (SSSR count). The van der Waals surface area contributed by atoms with Gasteiger partial charge in [0.05, 0.1) is 25.2 Å². The molecule has 0 radical (unpaired) electrons. The SMILES string of the molecule is CC(=O)CCC(=O)O[C@@H]1CO[C@H](F)[C@H](OC(=O)c2ccccc2)[C@H]1OCc1ccccc1. The second-order valence-corrected chi connectivity index (χ2v) is 7.41. The van der Waals surface area contributed by atoms with E-state index in [1.807, 2.05) is 30.3 Å². The van der Waals surface area contributed by atoms with Gasteiger partial charge in [0.15, 0.2) is 12.2 Å². The molecule has 0 saturated carbocycles. The average Bonchev–Trinajstić information content (AvgIpc) is 2.80. The third-order valence-electron chi connectivity index (χ3n) is 4.87. The highest BCUT2D eigenvalue weighted by molar-refractivity contribution is 5.89. The van der Waals surface area contributed by atoms with Crippen molar-refractivity contribution in [3.05, 3.63) is 71.8 Å². The Morgan fingerprint density at radius 1 is 0.938 bits per heavy atom. The molecular formula is C24H25FO7. The minimum atomic E-state index is -1.96. The van der Waals surface area contributed by atoms with Crippen molar-refractivity contribution in [2.75, 3.05) is 6.61 Å². The highest BCUT2D eigenvalue weighted by Gasteiger charge is 2.46. The van der Waals surface area contributed by atoms with Gasteiger partial charge in [-0.05, 0) is 24.6 Å². The van der Waals surface area contributed by atoms with Gasteiger partial charge in [-0.1, -0.05) is 48.5 Å². The van der Waals surface area contributed by atoms with E-state index >= 15 is 0 Å². The Hall–Kier alpha value is -3.10. The smallest absolute Gasteiger partial charge is 0.338 e. The van der Waals surface area contributed by atoms with Crippen LogP contribution in [0.15, 0.2) is 60.7 Å². The maximum Gasteiger partial charge on any atom is 0.338 e. The predicted molar refractivity (Wildman–Crippen MR) is 111 cm³/mol. The Labute approximate surface area is 185 Å². The van der Waals surface area contributed by atoms with Crippen molar-refractivity contribution < 1.29 is 37.7 Å². The molecule has 1 heterocycles. The van der Waals surface area contributed by atoms with E-state index in [-0.39, 0.29) is 37.4 Å². The molecule has 1 aliphatic rings. The lowest BCUT2D eigenvalue weighted by molar-refractivity contribution is -0.246. The van der Waals surface area contributed by atoms with Gasteiger partial charge in [-0.2, -0.15) is 0 Å². The third-order valence-corrected chi connectivity index (χ3v) is 4.87. The number of carbonyl (C=O) groups is 3. The number of rotatable bonds is 9. The second kappa shape index (κ2) is 11.5. The summed E-state index contributed by atoms with van der Waals surface area (Å²) >= 11 is 0. The van der Waals surface area contributed by atoms with Crippen LogP contribution in [-0.4, -0.2) is 49.0 Å². The van der Waals surface area contributed by atoms with Gasteiger partial charge < -0.3 is 23.7 Å². The Kier molecular flexibility index (Phi) is 8.47. The number of Topliss-reactive ketones (excluding diaryl/α,β-unsaturated/α-hetero) is 1. The average molecular weight is 444 g/mol. The Balaban J connectivity index is 1.76. The van der Waals surface area contributed by atoms with E-state index in [0.717, 1.165) is 5.56 Å². The molecule has 4 atom stereocenters. The van der Waals surface area contributed by atoms with Crippen LogP contribution in [0.3, 0.4) is 0 Å². The van der Waals surface area contributed by atoms with Gasteiger partial charge in [-0.15, -0.1) is 0 Å². The van der Waals surface area contributed by atoms with Crippen LogP contribution in [-0.2, 0) is 35.1 Å². The van der Waals surface area contributed by atoms with E-state index < -0.39 is 36.6 Å². The summed E-state index contributed by atoms with van der Waals surface area (Å²) in [6.07, 6.45) is -5.63. The standard InChI is InChI=1S/C24H25FO7/c1-16(26)12-13-20(27)31-19-15-30-23(25)22(32-24(28)18-10-6-3-7-11-18)21(19)29-14-17-8-4-2-5-9-17/h2-11,19,21-23H,12-15H2,1H3/t19-,21+,22-,23+/m1/s1. The molecule has 0 bridgehead atoms. The first-order valence-corrected chi connectivity index (χ1v) is 10.3. The van der Waals surface area contributed by atoms with Crippen LogP contribution >= 0.6 is 0 Å². The summed E-state index contributed by atoms with van der Waals surface area (Å²) in [5, 5.41) is 0. The minimum Gasteiger partial charge on any atom is -0.457 e. The largest absolute Gasteiger partial charge is 0.457 e. The molecule has 0 aliphatic carbocycles. The number of hydrogen-bond acceptors (Lipinski definition) is 7. The van der Waals surface area contributed by atoms with Gasteiger partial charge in [-0.3, -0.25) is 4.79 Å². The first-order valence-electron chi connectivity index (χ1n) is 10.3. The van der Waals surface area contributed by atoms with Crippen LogP contribution in [0.5, 0.6) is 0 Å². The molecule has 0 amide bonds. The summed E-state index contributed by atoms with van der Waals surface area (Å²) in [4.78, 5) is 35.9. The number of benzene rings is 2. The quantitative estimate of drug-likeness (QED) is 0.548. The summed E-state index contributed by atoms with van der Waals surface area (Å²) < 4.78 is 36.5. The van der Waals surface area contributed by atoms with E-state index in [9.17, 15) is 18.8 Å².